The van der Waals surface area contributed by atoms with E-state index in [0.717, 1.165) is 5.56 Å². The summed E-state index contributed by atoms with van der Waals surface area (Å²) in [6.45, 7) is 0.514. The van der Waals surface area contributed by atoms with Crippen molar-refractivity contribution in [3.05, 3.63) is 34.9 Å². The summed E-state index contributed by atoms with van der Waals surface area (Å²) in [6.07, 6.45) is 0.640. The zero-order valence-corrected chi connectivity index (χ0v) is 10.4. The fourth-order valence-electron chi connectivity index (χ4n) is 1.23. The molecule has 0 bridgehead atoms. The molecule has 6 heteroatoms. The molecule has 90 valence electrons. The first-order chi connectivity index (χ1) is 7.53. The lowest BCUT2D eigenvalue weighted by Gasteiger charge is -2.05. The van der Waals surface area contributed by atoms with Crippen LogP contribution in [0, 0.1) is 0 Å². The molecule has 16 heavy (non-hydrogen) atoms. The van der Waals surface area contributed by atoms with E-state index >= 15 is 0 Å². The van der Waals surface area contributed by atoms with Gasteiger partial charge in [0.15, 0.2) is 0 Å². The summed E-state index contributed by atoms with van der Waals surface area (Å²) in [5, 5.41) is 0.674. The predicted molar refractivity (Wildman–Crippen MR) is 66.0 cm³/mol. The predicted octanol–water partition coefficient (Wildman–Crippen LogP) is 0.761. The molecule has 0 atom stereocenters. The average Bonchev–Trinajstić information content (AvgIpc) is 2.20. The smallest absolute Gasteiger partial charge is 0.212 e. The van der Waals surface area contributed by atoms with Crippen molar-refractivity contribution in [2.45, 2.75) is 6.42 Å². The molecule has 3 N–H and O–H groups in total. The minimum Gasteiger partial charge on any atom is -0.329 e. The van der Waals surface area contributed by atoms with E-state index in [2.05, 4.69) is 4.72 Å². The van der Waals surface area contributed by atoms with Crippen molar-refractivity contribution in [3.63, 3.8) is 0 Å². The molecule has 0 radical (unpaired) electrons. The number of nitrogens with one attached hydrogen (secondary N) is 1. The first-order valence-electron chi connectivity index (χ1n) is 4.95. The second kappa shape index (κ2) is 6.20. The quantitative estimate of drug-likeness (QED) is 0.795. The molecule has 0 saturated carbocycles. The lowest BCUT2D eigenvalue weighted by molar-refractivity contribution is 0.581. The summed E-state index contributed by atoms with van der Waals surface area (Å²) in [4.78, 5) is 0. The Balaban J connectivity index is 2.39. The highest BCUT2D eigenvalue weighted by atomic mass is 35.5. The Morgan fingerprint density at radius 3 is 2.44 bits per heavy atom. The van der Waals surface area contributed by atoms with Crippen LogP contribution in [0.5, 0.6) is 0 Å². The molecule has 0 aliphatic heterocycles. The Morgan fingerprint density at radius 1 is 1.25 bits per heavy atom. The van der Waals surface area contributed by atoms with E-state index in [-0.39, 0.29) is 12.3 Å². The molecule has 1 aromatic carbocycles. The van der Waals surface area contributed by atoms with Crippen LogP contribution in [0.25, 0.3) is 0 Å². The van der Waals surface area contributed by atoms with E-state index in [1.54, 1.807) is 12.1 Å². The highest BCUT2D eigenvalue weighted by molar-refractivity contribution is 7.89. The fourth-order valence-corrected chi connectivity index (χ4v) is 2.22. The molecule has 0 saturated heterocycles. The van der Waals surface area contributed by atoms with Gasteiger partial charge in [0.25, 0.3) is 0 Å². The first kappa shape index (κ1) is 13.4. The number of halogens is 1. The van der Waals surface area contributed by atoms with E-state index in [1.165, 1.54) is 0 Å². The van der Waals surface area contributed by atoms with Gasteiger partial charge in [-0.3, -0.25) is 0 Å². The lowest BCUT2D eigenvalue weighted by Crippen LogP contribution is -2.31. The van der Waals surface area contributed by atoms with Crippen LogP contribution in [0.15, 0.2) is 24.3 Å². The number of nitrogens with two attached hydrogens (primary N) is 1. The molecule has 0 amide bonds. The third-order valence-electron chi connectivity index (χ3n) is 2.04. The maximum Gasteiger partial charge on any atom is 0.212 e. The van der Waals surface area contributed by atoms with Gasteiger partial charge in [0.05, 0.1) is 5.75 Å². The SMILES string of the molecule is NCCS(=O)(=O)NCCc1ccc(Cl)cc1. The molecule has 1 rings (SSSR count). The van der Waals surface area contributed by atoms with Gasteiger partial charge in [-0.05, 0) is 24.1 Å². The number of hydrogen-bond acceptors (Lipinski definition) is 3. The summed E-state index contributed by atoms with van der Waals surface area (Å²) in [5.74, 6) is -0.0341. The zero-order chi connectivity index (χ0) is 12.0. The first-order valence-corrected chi connectivity index (χ1v) is 6.98. The Labute approximate surface area is 101 Å². The lowest BCUT2D eigenvalue weighted by atomic mass is 10.2. The van der Waals surface area contributed by atoms with Crippen molar-refractivity contribution in [2.75, 3.05) is 18.8 Å². The summed E-state index contributed by atoms with van der Waals surface area (Å²) in [6, 6.07) is 7.32. The second-order valence-corrected chi connectivity index (χ2v) is 5.74. The van der Waals surface area contributed by atoms with Crippen LogP contribution in [0.3, 0.4) is 0 Å². The highest BCUT2D eigenvalue weighted by Crippen LogP contribution is 2.09. The molecular formula is C10H15ClN2O2S. The van der Waals surface area contributed by atoms with Crippen molar-refractivity contribution >= 4 is 21.6 Å². The molecule has 0 heterocycles. The molecule has 4 nitrogen and oxygen atoms in total. The summed E-state index contributed by atoms with van der Waals surface area (Å²) in [5.41, 5.74) is 6.22. The normalized spacial score (nSPS) is 11.6. The maximum atomic E-state index is 11.3. The number of hydrogen-bond donors (Lipinski definition) is 2. The molecular weight excluding hydrogens is 248 g/mol. The molecule has 1 aromatic rings. The van der Waals surface area contributed by atoms with Gasteiger partial charge in [-0.1, -0.05) is 23.7 Å². The fraction of sp³-hybridized carbons (Fsp3) is 0.400. The number of rotatable bonds is 6. The Bertz CT molecular complexity index is 417. The van der Waals surface area contributed by atoms with Gasteiger partial charge in [0.1, 0.15) is 0 Å². The molecule has 0 unspecified atom stereocenters. The topological polar surface area (TPSA) is 72.2 Å². The molecule has 0 aromatic heterocycles. The summed E-state index contributed by atoms with van der Waals surface area (Å²) >= 11 is 5.73. The summed E-state index contributed by atoms with van der Waals surface area (Å²) in [7, 11) is -3.21. The van der Waals surface area contributed by atoms with Crippen LogP contribution in [-0.4, -0.2) is 27.3 Å². The standard InChI is InChI=1S/C10H15ClN2O2S/c11-10-3-1-9(2-4-10)5-7-13-16(14,15)8-6-12/h1-4,13H,5-8,12H2. The summed E-state index contributed by atoms with van der Waals surface area (Å²) < 4.78 is 25.0. The van der Waals surface area contributed by atoms with Crippen LogP contribution >= 0.6 is 11.6 Å². The number of benzene rings is 1. The van der Waals surface area contributed by atoms with Crippen LogP contribution in [0.4, 0.5) is 0 Å². The number of sulfonamides is 1. The Kier molecular flexibility index (Phi) is 5.21. The molecule has 0 spiro atoms. The van der Waals surface area contributed by atoms with Crippen molar-refractivity contribution in [2.24, 2.45) is 5.73 Å². The maximum absolute atomic E-state index is 11.3. The molecule has 0 aliphatic rings. The zero-order valence-electron chi connectivity index (χ0n) is 8.82. The molecule has 0 aliphatic carbocycles. The minimum atomic E-state index is -3.21. The van der Waals surface area contributed by atoms with Gasteiger partial charge in [0.2, 0.25) is 10.0 Å². The van der Waals surface area contributed by atoms with Crippen molar-refractivity contribution < 1.29 is 8.42 Å². The minimum absolute atomic E-state index is 0.0341. The van der Waals surface area contributed by atoms with Crippen LogP contribution < -0.4 is 10.5 Å². The van der Waals surface area contributed by atoms with E-state index in [4.69, 9.17) is 17.3 Å². The Hall–Kier alpha value is -0.620. The van der Waals surface area contributed by atoms with Crippen molar-refractivity contribution in [3.8, 4) is 0 Å². The van der Waals surface area contributed by atoms with E-state index in [9.17, 15) is 8.42 Å². The largest absolute Gasteiger partial charge is 0.329 e. The monoisotopic (exact) mass is 262 g/mol. The van der Waals surface area contributed by atoms with Crippen molar-refractivity contribution in [1.29, 1.82) is 0 Å². The van der Waals surface area contributed by atoms with E-state index in [0.29, 0.717) is 18.0 Å². The van der Waals surface area contributed by atoms with Gasteiger partial charge >= 0.3 is 0 Å². The van der Waals surface area contributed by atoms with Crippen molar-refractivity contribution in [1.82, 2.24) is 4.72 Å². The highest BCUT2D eigenvalue weighted by Gasteiger charge is 2.07. The Morgan fingerprint density at radius 2 is 1.88 bits per heavy atom. The van der Waals surface area contributed by atoms with Gasteiger partial charge in [-0.2, -0.15) is 0 Å². The third kappa shape index (κ3) is 4.94. The average molecular weight is 263 g/mol. The van der Waals surface area contributed by atoms with Gasteiger partial charge in [-0.15, -0.1) is 0 Å². The van der Waals surface area contributed by atoms with Crippen LogP contribution in [-0.2, 0) is 16.4 Å². The van der Waals surface area contributed by atoms with E-state index in [1.807, 2.05) is 12.1 Å². The van der Waals surface area contributed by atoms with E-state index < -0.39 is 10.0 Å². The van der Waals surface area contributed by atoms with Gasteiger partial charge in [-0.25, -0.2) is 13.1 Å². The van der Waals surface area contributed by atoms with Crippen LogP contribution in [0.1, 0.15) is 5.56 Å². The third-order valence-corrected chi connectivity index (χ3v) is 3.70. The van der Waals surface area contributed by atoms with Gasteiger partial charge in [0, 0.05) is 18.1 Å². The molecule has 0 fully saturated rings. The second-order valence-electron chi connectivity index (χ2n) is 3.38. The van der Waals surface area contributed by atoms with Crippen LogP contribution in [0.2, 0.25) is 5.02 Å². The van der Waals surface area contributed by atoms with Gasteiger partial charge < -0.3 is 5.73 Å².